The van der Waals surface area contributed by atoms with Gasteiger partial charge >= 0.3 is 0 Å². The lowest BCUT2D eigenvalue weighted by atomic mass is 10.3. The molecule has 0 fully saturated rings. The van der Waals surface area contributed by atoms with Crippen molar-refractivity contribution in [1.29, 1.82) is 0 Å². The van der Waals surface area contributed by atoms with Crippen LogP contribution in [-0.2, 0) is 6.61 Å². The number of hydrogen-bond acceptors (Lipinski definition) is 9. The molecule has 0 amide bonds. The van der Waals surface area contributed by atoms with Crippen LogP contribution in [0.5, 0.6) is 16.7 Å². The van der Waals surface area contributed by atoms with Crippen LogP contribution in [-0.4, -0.2) is 43.4 Å². The molecule has 0 unspecified atom stereocenters. The van der Waals surface area contributed by atoms with Crippen LogP contribution in [0.15, 0.2) is 35.4 Å². The molecule has 5 aromatic rings. The highest BCUT2D eigenvalue weighted by atomic mass is 32.1. The summed E-state index contributed by atoms with van der Waals surface area (Å²) < 4.78 is 19.9. The van der Waals surface area contributed by atoms with Gasteiger partial charge in [0.25, 0.3) is 5.19 Å². The fraction of sp³-hybridized carbons (Fsp3) is 0.176. The van der Waals surface area contributed by atoms with Gasteiger partial charge in [-0.2, -0.15) is 5.10 Å². The average molecular weight is 414 g/mol. The topological polar surface area (TPSA) is 88.1 Å². The first-order valence-corrected chi connectivity index (χ1v) is 9.97. The number of hydrogen-bond donors (Lipinski definition) is 0. The van der Waals surface area contributed by atoms with Gasteiger partial charge in [0.1, 0.15) is 35.0 Å². The van der Waals surface area contributed by atoms with Gasteiger partial charge in [-0.1, -0.05) is 0 Å². The highest BCUT2D eigenvalue weighted by Gasteiger charge is 2.16. The van der Waals surface area contributed by atoms with Crippen LogP contribution in [0.1, 0.15) is 5.69 Å². The number of methoxy groups -OCH3 is 2. The molecule has 0 atom stereocenters. The van der Waals surface area contributed by atoms with E-state index in [1.807, 2.05) is 23.7 Å². The number of pyridine rings is 1. The molecule has 5 aromatic heterocycles. The molecule has 0 spiro atoms. The number of imidazole rings is 1. The summed E-state index contributed by atoms with van der Waals surface area (Å²) in [6.45, 7) is 0.372. The molecule has 9 nitrogen and oxygen atoms in total. The maximum Gasteiger partial charge on any atom is 0.294 e. The zero-order chi connectivity index (χ0) is 19.1. The van der Waals surface area contributed by atoms with Gasteiger partial charge in [0.2, 0.25) is 4.96 Å². The standard InChI is InChI=1S/C17H14N6O3S2/c1-24-11-3-15(26-7-10-8-27-9-18-10)14-4-12(20-22(14)5-11)13-6-23-16(19-13)28-17(21-23)25-2/h3-6,8-9H,7H2,1-2H3. The maximum absolute atomic E-state index is 5.98. The Kier molecular flexibility index (Phi) is 4.10. The van der Waals surface area contributed by atoms with Gasteiger partial charge in [-0.3, -0.25) is 0 Å². The quantitative estimate of drug-likeness (QED) is 0.422. The van der Waals surface area contributed by atoms with Crippen LogP contribution in [0, 0.1) is 0 Å². The molecule has 0 aliphatic heterocycles. The fourth-order valence-corrected chi connectivity index (χ4v) is 3.98. The van der Waals surface area contributed by atoms with Crippen LogP contribution in [0.3, 0.4) is 0 Å². The molecule has 0 radical (unpaired) electrons. The summed E-state index contributed by atoms with van der Waals surface area (Å²) in [5.41, 5.74) is 4.90. The number of aromatic nitrogens is 6. The molecule has 0 aromatic carbocycles. The van der Waals surface area contributed by atoms with Gasteiger partial charge in [-0.15, -0.1) is 16.4 Å². The molecule has 0 bridgehead atoms. The van der Waals surface area contributed by atoms with E-state index < -0.39 is 0 Å². The van der Waals surface area contributed by atoms with Crippen LogP contribution in [0.25, 0.3) is 21.9 Å². The molecule has 142 valence electrons. The van der Waals surface area contributed by atoms with E-state index in [9.17, 15) is 0 Å². The zero-order valence-corrected chi connectivity index (χ0v) is 16.5. The minimum absolute atomic E-state index is 0.372. The Morgan fingerprint density at radius 3 is 2.71 bits per heavy atom. The van der Waals surface area contributed by atoms with Gasteiger partial charge in [-0.05, 0) is 17.4 Å². The van der Waals surface area contributed by atoms with E-state index in [0.29, 0.717) is 29.0 Å². The van der Waals surface area contributed by atoms with E-state index in [4.69, 9.17) is 14.2 Å². The zero-order valence-electron chi connectivity index (χ0n) is 14.9. The van der Waals surface area contributed by atoms with Crippen molar-refractivity contribution < 1.29 is 14.2 Å². The van der Waals surface area contributed by atoms with Crippen molar-refractivity contribution in [2.75, 3.05) is 14.2 Å². The predicted octanol–water partition coefficient (Wildman–Crippen LogP) is 3.16. The normalized spacial score (nSPS) is 11.4. The SMILES string of the molecule is COc1cc(OCc2cscn2)c2cc(-c3cn4nc(OC)sc4n3)nn2c1. The summed E-state index contributed by atoms with van der Waals surface area (Å²) in [4.78, 5) is 9.58. The number of fused-ring (bicyclic) bond motifs is 2. The lowest BCUT2D eigenvalue weighted by Gasteiger charge is -2.08. The Labute approximate surface area is 166 Å². The van der Waals surface area contributed by atoms with Gasteiger partial charge in [0.15, 0.2) is 0 Å². The summed E-state index contributed by atoms with van der Waals surface area (Å²) in [5, 5.41) is 11.4. The van der Waals surface area contributed by atoms with Crippen molar-refractivity contribution in [2.45, 2.75) is 6.61 Å². The Balaban J connectivity index is 1.54. The highest BCUT2D eigenvalue weighted by molar-refractivity contribution is 7.18. The van der Waals surface area contributed by atoms with E-state index in [2.05, 4.69) is 20.2 Å². The Morgan fingerprint density at radius 2 is 1.96 bits per heavy atom. The van der Waals surface area contributed by atoms with Gasteiger partial charge in [-0.25, -0.2) is 19.0 Å². The second kappa shape index (κ2) is 6.77. The van der Waals surface area contributed by atoms with Crippen LogP contribution in [0.4, 0.5) is 0 Å². The maximum atomic E-state index is 5.98. The third kappa shape index (κ3) is 2.94. The lowest BCUT2D eigenvalue weighted by Crippen LogP contribution is -1.99. The van der Waals surface area contributed by atoms with Gasteiger partial charge in [0, 0.05) is 11.4 Å². The van der Waals surface area contributed by atoms with Crippen molar-refractivity contribution in [2.24, 2.45) is 0 Å². The Morgan fingerprint density at radius 1 is 1.04 bits per heavy atom. The molecule has 0 saturated heterocycles. The molecule has 5 heterocycles. The number of rotatable bonds is 6. The molecule has 0 N–H and O–H groups in total. The first-order chi connectivity index (χ1) is 13.7. The number of ether oxygens (including phenoxy) is 3. The summed E-state index contributed by atoms with van der Waals surface area (Å²) in [7, 11) is 3.19. The molecule has 11 heteroatoms. The summed E-state index contributed by atoms with van der Waals surface area (Å²) in [6, 6.07) is 3.77. The molecule has 0 aliphatic rings. The van der Waals surface area contributed by atoms with Crippen molar-refractivity contribution in [3.63, 3.8) is 0 Å². The van der Waals surface area contributed by atoms with Crippen molar-refractivity contribution in [1.82, 2.24) is 29.2 Å². The number of thiazole rings is 1. The van der Waals surface area contributed by atoms with E-state index in [-0.39, 0.29) is 0 Å². The molecule has 5 rings (SSSR count). The van der Waals surface area contributed by atoms with Crippen LogP contribution < -0.4 is 14.2 Å². The summed E-state index contributed by atoms with van der Waals surface area (Å²) >= 11 is 2.90. The van der Waals surface area contributed by atoms with E-state index >= 15 is 0 Å². The monoisotopic (exact) mass is 414 g/mol. The van der Waals surface area contributed by atoms with Crippen molar-refractivity contribution in [3.05, 3.63) is 41.1 Å². The van der Waals surface area contributed by atoms with E-state index in [1.54, 1.807) is 35.0 Å². The minimum atomic E-state index is 0.372. The average Bonchev–Trinajstić information content (AvgIpc) is 3.47. The van der Waals surface area contributed by atoms with Crippen LogP contribution in [0.2, 0.25) is 0 Å². The first-order valence-electron chi connectivity index (χ1n) is 8.21. The largest absolute Gasteiger partial charge is 0.495 e. The molecular weight excluding hydrogens is 400 g/mol. The Hall–Kier alpha value is -3.18. The molecule has 0 saturated carbocycles. The highest BCUT2D eigenvalue weighted by Crippen LogP contribution is 2.31. The molecule has 0 aliphatic carbocycles. The molecule has 28 heavy (non-hydrogen) atoms. The molecular formula is C17H14N6O3S2. The first kappa shape index (κ1) is 17.0. The Bertz CT molecular complexity index is 1230. The predicted molar refractivity (Wildman–Crippen MR) is 105 cm³/mol. The second-order valence-electron chi connectivity index (χ2n) is 5.80. The summed E-state index contributed by atoms with van der Waals surface area (Å²) in [6.07, 6.45) is 3.62. The number of nitrogens with zero attached hydrogens (tertiary/aromatic N) is 6. The second-order valence-corrected chi connectivity index (χ2v) is 7.43. The third-order valence-corrected chi connectivity index (χ3v) is 5.59. The fourth-order valence-electron chi connectivity index (χ4n) is 2.74. The van der Waals surface area contributed by atoms with E-state index in [0.717, 1.165) is 21.9 Å². The van der Waals surface area contributed by atoms with Gasteiger partial charge < -0.3 is 14.2 Å². The van der Waals surface area contributed by atoms with Crippen LogP contribution >= 0.6 is 22.7 Å². The minimum Gasteiger partial charge on any atom is -0.495 e. The lowest BCUT2D eigenvalue weighted by molar-refractivity contribution is 0.301. The van der Waals surface area contributed by atoms with Crippen molar-refractivity contribution in [3.8, 4) is 28.1 Å². The van der Waals surface area contributed by atoms with Crippen molar-refractivity contribution >= 4 is 33.2 Å². The summed E-state index contributed by atoms with van der Waals surface area (Å²) in [5.74, 6) is 1.31. The van der Waals surface area contributed by atoms with Gasteiger partial charge in [0.05, 0.1) is 37.8 Å². The van der Waals surface area contributed by atoms with E-state index in [1.165, 1.54) is 22.7 Å². The third-order valence-electron chi connectivity index (χ3n) is 4.07. The smallest absolute Gasteiger partial charge is 0.294 e.